The van der Waals surface area contributed by atoms with Crippen molar-refractivity contribution < 1.29 is 23.9 Å². The first-order valence-corrected chi connectivity index (χ1v) is 12.5. The molecule has 0 spiro atoms. The normalized spacial score (nSPS) is 15.0. The van der Waals surface area contributed by atoms with E-state index in [2.05, 4.69) is 17.6 Å². The van der Waals surface area contributed by atoms with Gasteiger partial charge in [-0.15, -0.1) is 0 Å². The number of unbranched alkanes of at least 4 members (excludes halogenated alkanes) is 2. The zero-order valence-electron chi connectivity index (χ0n) is 21.3. The first-order chi connectivity index (χ1) is 16.5. The van der Waals surface area contributed by atoms with E-state index in [0.29, 0.717) is 12.1 Å². The number of carbonyl (C=O) groups is 4. The van der Waals surface area contributed by atoms with Crippen molar-refractivity contribution in [2.45, 2.75) is 96.4 Å². The van der Waals surface area contributed by atoms with Crippen molar-refractivity contribution in [3.63, 3.8) is 0 Å². The minimum Gasteiger partial charge on any atom is -0.444 e. The third-order valence-electron chi connectivity index (χ3n) is 5.58. The Morgan fingerprint density at radius 3 is 2.31 bits per heavy atom. The van der Waals surface area contributed by atoms with Crippen LogP contribution in [0.25, 0.3) is 0 Å². The third kappa shape index (κ3) is 9.58. The van der Waals surface area contributed by atoms with Crippen LogP contribution >= 0.6 is 0 Å². The number of primary amides is 1. The Morgan fingerprint density at radius 1 is 1.11 bits per heavy atom. The van der Waals surface area contributed by atoms with Crippen LogP contribution in [0.3, 0.4) is 0 Å². The lowest BCUT2D eigenvalue weighted by Gasteiger charge is -2.34. The van der Waals surface area contributed by atoms with E-state index in [1.54, 1.807) is 25.7 Å². The number of hydrogen-bond acceptors (Lipinski definition) is 5. The molecule has 0 aliphatic heterocycles. The summed E-state index contributed by atoms with van der Waals surface area (Å²) in [6.45, 7) is 7.77. The van der Waals surface area contributed by atoms with Crippen molar-refractivity contribution in [3.05, 3.63) is 35.9 Å². The van der Waals surface area contributed by atoms with Gasteiger partial charge in [0.2, 0.25) is 17.7 Å². The van der Waals surface area contributed by atoms with E-state index >= 15 is 0 Å². The van der Waals surface area contributed by atoms with E-state index < -0.39 is 35.6 Å². The monoisotopic (exact) mass is 488 g/mol. The van der Waals surface area contributed by atoms with E-state index in [4.69, 9.17) is 10.5 Å². The van der Waals surface area contributed by atoms with Crippen LogP contribution in [0.5, 0.6) is 0 Å². The summed E-state index contributed by atoms with van der Waals surface area (Å²) in [6.07, 6.45) is 3.54. The quantitative estimate of drug-likeness (QED) is 0.367. The van der Waals surface area contributed by atoms with Crippen LogP contribution in [0.2, 0.25) is 0 Å². The highest BCUT2D eigenvalue weighted by molar-refractivity contribution is 5.93. The molecule has 1 fully saturated rings. The fraction of sp³-hybridized carbons (Fsp3) is 0.615. The van der Waals surface area contributed by atoms with Crippen molar-refractivity contribution >= 4 is 23.8 Å². The lowest BCUT2D eigenvalue weighted by molar-refractivity contribution is -0.143. The van der Waals surface area contributed by atoms with Gasteiger partial charge in [0.25, 0.3) is 0 Å². The molecule has 0 aromatic heterocycles. The number of rotatable bonds is 13. The zero-order chi connectivity index (χ0) is 26.0. The summed E-state index contributed by atoms with van der Waals surface area (Å²) >= 11 is 0. The van der Waals surface area contributed by atoms with E-state index in [9.17, 15) is 19.2 Å². The highest BCUT2D eigenvalue weighted by Crippen LogP contribution is 2.35. The minimum atomic E-state index is -1.06. The second kappa shape index (κ2) is 13.1. The maximum Gasteiger partial charge on any atom is 0.408 e. The molecule has 9 nitrogen and oxygen atoms in total. The second-order valence-electron chi connectivity index (χ2n) is 9.99. The molecule has 4 amide bonds. The number of hydrogen-bond donors (Lipinski definition) is 3. The molecule has 1 saturated carbocycles. The van der Waals surface area contributed by atoms with Gasteiger partial charge in [-0.2, -0.15) is 0 Å². The summed E-state index contributed by atoms with van der Waals surface area (Å²) in [4.78, 5) is 52.8. The summed E-state index contributed by atoms with van der Waals surface area (Å²) in [5.74, 6) is -1.28. The van der Waals surface area contributed by atoms with E-state index in [1.807, 2.05) is 30.3 Å². The van der Waals surface area contributed by atoms with Crippen LogP contribution in [-0.4, -0.2) is 52.9 Å². The SMILES string of the molecule is CCCCCNC(=O)C(c1ccccc1)N(C(=O)C(CCC(N)=O)NC(=O)OC(C)(C)C)C1CC1. The highest BCUT2D eigenvalue weighted by Gasteiger charge is 2.44. The number of nitrogens with one attached hydrogen (secondary N) is 2. The lowest BCUT2D eigenvalue weighted by atomic mass is 10.0. The molecule has 1 aromatic carbocycles. The maximum absolute atomic E-state index is 13.9. The predicted octanol–water partition coefficient (Wildman–Crippen LogP) is 3.18. The maximum atomic E-state index is 13.9. The van der Waals surface area contributed by atoms with Crippen molar-refractivity contribution in [2.75, 3.05) is 6.54 Å². The van der Waals surface area contributed by atoms with E-state index in [0.717, 1.165) is 32.1 Å². The van der Waals surface area contributed by atoms with Crippen LogP contribution in [0.15, 0.2) is 30.3 Å². The molecule has 0 saturated heterocycles. The Bertz CT molecular complexity index is 864. The van der Waals surface area contributed by atoms with E-state index in [-0.39, 0.29) is 24.8 Å². The molecule has 2 atom stereocenters. The number of ether oxygens (including phenoxy) is 1. The lowest BCUT2D eigenvalue weighted by Crippen LogP contribution is -2.54. The zero-order valence-corrected chi connectivity index (χ0v) is 21.3. The van der Waals surface area contributed by atoms with Crippen LogP contribution in [0.4, 0.5) is 4.79 Å². The van der Waals surface area contributed by atoms with E-state index in [1.165, 1.54) is 0 Å². The number of benzene rings is 1. The molecule has 1 aliphatic rings. The number of amides is 4. The van der Waals surface area contributed by atoms with Crippen molar-refractivity contribution in [1.82, 2.24) is 15.5 Å². The second-order valence-corrected chi connectivity index (χ2v) is 9.99. The molecule has 0 heterocycles. The van der Waals surface area contributed by atoms with Crippen LogP contribution < -0.4 is 16.4 Å². The average Bonchev–Trinajstić information content (AvgIpc) is 3.61. The van der Waals surface area contributed by atoms with Gasteiger partial charge in [0.15, 0.2) is 0 Å². The number of nitrogens with zero attached hydrogens (tertiary/aromatic N) is 1. The van der Waals surface area contributed by atoms with Gasteiger partial charge >= 0.3 is 6.09 Å². The first kappa shape index (κ1) is 28.1. The molecule has 0 radical (unpaired) electrons. The smallest absolute Gasteiger partial charge is 0.408 e. The predicted molar refractivity (Wildman–Crippen MR) is 133 cm³/mol. The van der Waals surface area contributed by atoms with Crippen molar-refractivity contribution in [1.29, 1.82) is 0 Å². The Morgan fingerprint density at radius 2 is 1.77 bits per heavy atom. The average molecular weight is 489 g/mol. The van der Waals surface area contributed by atoms with Gasteiger partial charge in [-0.25, -0.2) is 4.79 Å². The molecular weight excluding hydrogens is 448 g/mol. The summed E-state index contributed by atoms with van der Waals surface area (Å²) in [6, 6.07) is 7.09. The molecule has 2 rings (SSSR count). The van der Waals surface area contributed by atoms with Crippen LogP contribution in [0.1, 0.15) is 84.2 Å². The molecular formula is C26H40N4O5. The highest BCUT2D eigenvalue weighted by atomic mass is 16.6. The molecule has 0 bridgehead atoms. The Hall–Kier alpha value is -3.10. The van der Waals surface area contributed by atoms with Gasteiger partial charge in [-0.3, -0.25) is 14.4 Å². The van der Waals surface area contributed by atoms with Gasteiger partial charge in [-0.05, 0) is 52.0 Å². The molecule has 1 aliphatic carbocycles. The molecule has 2 unspecified atom stereocenters. The standard InChI is InChI=1S/C26H40N4O5/c1-5-6-10-17-28-23(32)22(18-11-8-7-9-12-18)30(19-13-14-19)24(33)20(15-16-21(27)31)29-25(34)35-26(2,3)4/h7-9,11-12,19-20,22H,5-6,10,13-17H2,1-4H3,(H2,27,31)(H,28,32)(H,29,34). The fourth-order valence-electron chi connectivity index (χ4n) is 3.80. The number of alkyl carbamates (subject to hydrolysis) is 1. The minimum absolute atomic E-state index is 0.0102. The Labute approximate surface area is 208 Å². The number of carbonyl (C=O) groups excluding carboxylic acids is 4. The van der Waals surface area contributed by atoms with Gasteiger partial charge in [0.05, 0.1) is 0 Å². The molecule has 9 heteroatoms. The van der Waals surface area contributed by atoms with Crippen molar-refractivity contribution in [3.8, 4) is 0 Å². The van der Waals surface area contributed by atoms with Gasteiger partial charge < -0.3 is 26.0 Å². The van der Waals surface area contributed by atoms with Crippen molar-refractivity contribution in [2.24, 2.45) is 5.73 Å². The molecule has 1 aromatic rings. The van der Waals surface area contributed by atoms with Crippen LogP contribution in [-0.2, 0) is 19.1 Å². The summed E-state index contributed by atoms with van der Waals surface area (Å²) < 4.78 is 5.33. The summed E-state index contributed by atoms with van der Waals surface area (Å²) in [5, 5.41) is 5.58. The summed E-state index contributed by atoms with van der Waals surface area (Å²) in [7, 11) is 0. The fourth-order valence-corrected chi connectivity index (χ4v) is 3.80. The van der Waals surface area contributed by atoms with Gasteiger partial charge in [-0.1, -0.05) is 50.1 Å². The molecule has 194 valence electrons. The van der Waals surface area contributed by atoms with Gasteiger partial charge in [0, 0.05) is 19.0 Å². The Kier molecular flexibility index (Phi) is 10.5. The summed E-state index contributed by atoms with van der Waals surface area (Å²) in [5.41, 5.74) is 5.25. The molecule has 4 N–H and O–H groups in total. The molecule has 35 heavy (non-hydrogen) atoms. The first-order valence-electron chi connectivity index (χ1n) is 12.5. The Balaban J connectivity index is 2.34. The van der Waals surface area contributed by atoms with Gasteiger partial charge in [0.1, 0.15) is 17.7 Å². The number of nitrogens with two attached hydrogens (primary N) is 1. The largest absolute Gasteiger partial charge is 0.444 e. The topological polar surface area (TPSA) is 131 Å². The third-order valence-corrected chi connectivity index (χ3v) is 5.58. The van der Waals surface area contributed by atoms with Crippen LogP contribution in [0, 0.1) is 0 Å².